The minimum Gasteiger partial charge on any atom is -0.467 e. The van der Waals surface area contributed by atoms with Crippen LogP contribution in [0.3, 0.4) is 0 Å². The number of rotatable bonds is 4. The topological polar surface area (TPSA) is 81.2 Å². The van der Waals surface area contributed by atoms with E-state index < -0.39 is 0 Å². The molecule has 3 aromatic heterocycles. The number of hydrogen-bond acceptors (Lipinski definition) is 6. The molecule has 1 aliphatic rings. The van der Waals surface area contributed by atoms with Crippen molar-refractivity contribution in [3.63, 3.8) is 0 Å². The Morgan fingerprint density at radius 2 is 2.27 bits per heavy atom. The van der Waals surface area contributed by atoms with Gasteiger partial charge in [0.25, 0.3) is 0 Å². The Bertz CT molecular complexity index is 955. The number of nitrogens with two attached hydrogens (primary N) is 1. The molecule has 0 amide bonds. The van der Waals surface area contributed by atoms with Gasteiger partial charge in [-0.1, -0.05) is 23.2 Å². The van der Waals surface area contributed by atoms with Gasteiger partial charge in [0.15, 0.2) is 0 Å². The summed E-state index contributed by atoms with van der Waals surface area (Å²) in [6.45, 7) is 0.523. The largest absolute Gasteiger partial charge is 0.467 e. The monoisotopic (exact) mass is 409 g/mol. The maximum Gasteiger partial charge on any atom is 0.133 e. The molecule has 3 heterocycles. The highest BCUT2D eigenvalue weighted by atomic mass is 35.5. The van der Waals surface area contributed by atoms with Crippen LogP contribution in [0.4, 0.5) is 5.69 Å². The molecule has 0 radical (unpaired) electrons. The lowest BCUT2D eigenvalue weighted by Crippen LogP contribution is -2.34. The summed E-state index contributed by atoms with van der Waals surface area (Å²) in [6.07, 6.45) is 3.29. The molecule has 1 aliphatic carbocycles. The van der Waals surface area contributed by atoms with E-state index in [-0.39, 0.29) is 17.7 Å². The number of furan rings is 1. The Balaban J connectivity index is 1.73. The first-order chi connectivity index (χ1) is 12.5. The van der Waals surface area contributed by atoms with Crippen LogP contribution in [0.25, 0.3) is 10.2 Å². The fourth-order valence-electron chi connectivity index (χ4n) is 3.31. The number of hydrogen-bond donors (Lipinski definition) is 2. The van der Waals surface area contributed by atoms with Crippen LogP contribution in [0.1, 0.15) is 35.8 Å². The summed E-state index contributed by atoms with van der Waals surface area (Å²) in [5.74, 6) is 0.973. The molecule has 5 nitrogen and oxygen atoms in total. The lowest BCUT2D eigenvalue weighted by Gasteiger charge is -2.27. The maximum absolute atomic E-state index is 11.9. The molecule has 4 rings (SSSR count). The number of carbonyl (C=O) groups excluding carboxylic acids is 1. The predicted octanol–water partition coefficient (Wildman–Crippen LogP) is 4.97. The lowest BCUT2D eigenvalue weighted by atomic mass is 9.83. The first-order valence-electron chi connectivity index (χ1n) is 8.35. The van der Waals surface area contributed by atoms with Crippen molar-refractivity contribution in [3.05, 3.63) is 45.3 Å². The molecule has 3 N–H and O–H groups in total. The van der Waals surface area contributed by atoms with Crippen molar-refractivity contribution in [2.45, 2.75) is 37.8 Å². The van der Waals surface area contributed by atoms with Crippen molar-refractivity contribution < 1.29 is 9.21 Å². The standard InChI is InChI=1S/C18H17Cl2N3O2S/c19-14-7-13(22-8-10-2-1-5-25-10)18-16(23-14)15(20)17(26-18)11-6-9(24)3-4-12(11)21/h1-2,5,7,11-12H,3-4,6,8,21H2,(H,22,23)/t11-,12-/m0/s1. The number of Topliss-reactive ketones (excluding diaryl/α,β-unsaturated/α-hetero) is 1. The molecule has 8 heteroatoms. The average Bonchev–Trinajstić information content (AvgIpc) is 3.24. The molecule has 0 aromatic carbocycles. The van der Waals surface area contributed by atoms with Gasteiger partial charge in [-0.2, -0.15) is 0 Å². The van der Waals surface area contributed by atoms with E-state index in [1.807, 2.05) is 12.1 Å². The summed E-state index contributed by atoms with van der Waals surface area (Å²) in [6, 6.07) is 5.43. The predicted molar refractivity (Wildman–Crippen MR) is 105 cm³/mol. The Morgan fingerprint density at radius 1 is 1.42 bits per heavy atom. The second kappa shape index (κ2) is 7.19. The zero-order valence-electron chi connectivity index (χ0n) is 13.8. The molecule has 136 valence electrons. The number of ketones is 1. The Morgan fingerprint density at radius 3 is 3.04 bits per heavy atom. The van der Waals surface area contributed by atoms with Gasteiger partial charge in [0.1, 0.15) is 22.2 Å². The highest BCUT2D eigenvalue weighted by Gasteiger charge is 2.32. The van der Waals surface area contributed by atoms with Crippen LogP contribution in [0.2, 0.25) is 10.2 Å². The molecule has 0 saturated heterocycles. The number of aromatic nitrogens is 1. The number of thiophene rings is 1. The maximum atomic E-state index is 11.9. The molecule has 3 aromatic rings. The van der Waals surface area contributed by atoms with Gasteiger partial charge in [0.05, 0.1) is 28.2 Å². The van der Waals surface area contributed by atoms with Crippen LogP contribution in [-0.2, 0) is 11.3 Å². The number of nitrogens with one attached hydrogen (secondary N) is 1. The number of pyridine rings is 1. The van der Waals surface area contributed by atoms with Crippen LogP contribution >= 0.6 is 34.5 Å². The van der Waals surface area contributed by atoms with Gasteiger partial charge >= 0.3 is 0 Å². The summed E-state index contributed by atoms with van der Waals surface area (Å²) in [5.41, 5.74) is 7.76. The fraction of sp³-hybridized carbons (Fsp3) is 0.333. The van der Waals surface area contributed by atoms with Gasteiger partial charge in [-0.05, 0) is 18.6 Å². The number of carbonyl (C=O) groups is 1. The average molecular weight is 410 g/mol. The van der Waals surface area contributed by atoms with E-state index in [0.717, 1.165) is 21.0 Å². The fourth-order valence-corrected chi connectivity index (χ4v) is 5.25. The number of nitrogens with zero attached hydrogens (tertiary/aromatic N) is 1. The van der Waals surface area contributed by atoms with Crippen molar-refractivity contribution in [1.82, 2.24) is 4.98 Å². The van der Waals surface area contributed by atoms with Crippen molar-refractivity contribution in [2.24, 2.45) is 5.73 Å². The number of fused-ring (bicyclic) bond motifs is 1. The van der Waals surface area contributed by atoms with Crippen LogP contribution in [0.15, 0.2) is 28.9 Å². The first kappa shape index (κ1) is 17.8. The summed E-state index contributed by atoms with van der Waals surface area (Å²) in [7, 11) is 0. The Hall–Kier alpha value is -1.60. The van der Waals surface area contributed by atoms with Crippen LogP contribution in [0.5, 0.6) is 0 Å². The number of halogens is 2. The van der Waals surface area contributed by atoms with Gasteiger partial charge in [-0.15, -0.1) is 11.3 Å². The molecular formula is C18H17Cl2N3O2S. The first-order valence-corrected chi connectivity index (χ1v) is 9.92. The van der Waals surface area contributed by atoms with E-state index in [2.05, 4.69) is 10.3 Å². The smallest absolute Gasteiger partial charge is 0.133 e. The molecule has 0 spiro atoms. The second-order valence-electron chi connectivity index (χ2n) is 6.44. The molecule has 26 heavy (non-hydrogen) atoms. The van der Waals surface area contributed by atoms with E-state index in [4.69, 9.17) is 33.4 Å². The van der Waals surface area contributed by atoms with E-state index in [1.54, 1.807) is 12.3 Å². The van der Waals surface area contributed by atoms with E-state index in [9.17, 15) is 4.79 Å². The van der Waals surface area contributed by atoms with Crippen molar-refractivity contribution in [3.8, 4) is 0 Å². The summed E-state index contributed by atoms with van der Waals surface area (Å²) >= 11 is 14.3. The van der Waals surface area contributed by atoms with Gasteiger partial charge in [0.2, 0.25) is 0 Å². The Kier molecular flexibility index (Phi) is 4.92. The lowest BCUT2D eigenvalue weighted by molar-refractivity contribution is -0.120. The van der Waals surface area contributed by atoms with Gasteiger partial charge in [0, 0.05) is 35.7 Å². The van der Waals surface area contributed by atoms with Crippen LogP contribution < -0.4 is 11.1 Å². The quantitative estimate of drug-likeness (QED) is 0.594. The third-order valence-corrected chi connectivity index (χ3v) is 6.70. The third-order valence-electron chi connectivity index (χ3n) is 4.67. The molecule has 2 atom stereocenters. The van der Waals surface area contributed by atoms with Crippen molar-refractivity contribution in [2.75, 3.05) is 5.32 Å². The van der Waals surface area contributed by atoms with Gasteiger partial charge in [-0.25, -0.2) is 4.98 Å². The highest BCUT2D eigenvalue weighted by molar-refractivity contribution is 7.20. The van der Waals surface area contributed by atoms with Gasteiger partial charge < -0.3 is 15.5 Å². The zero-order valence-corrected chi connectivity index (χ0v) is 16.1. The number of anilines is 1. The molecule has 0 bridgehead atoms. The summed E-state index contributed by atoms with van der Waals surface area (Å²) in [5, 5.41) is 4.23. The SMILES string of the molecule is N[C@H]1CCC(=O)C[C@@H]1c1sc2c(NCc3ccco3)cc(Cl)nc2c1Cl. The summed E-state index contributed by atoms with van der Waals surface area (Å²) < 4.78 is 6.27. The molecule has 0 aliphatic heterocycles. The zero-order chi connectivity index (χ0) is 18.3. The van der Waals surface area contributed by atoms with Crippen molar-refractivity contribution in [1.29, 1.82) is 0 Å². The van der Waals surface area contributed by atoms with Crippen molar-refractivity contribution >= 4 is 56.2 Å². The highest BCUT2D eigenvalue weighted by Crippen LogP contribution is 2.46. The van der Waals surface area contributed by atoms with E-state index in [1.165, 1.54) is 11.3 Å². The second-order valence-corrected chi connectivity index (χ2v) is 8.25. The minimum atomic E-state index is -0.0757. The minimum absolute atomic E-state index is 0.0698. The van der Waals surface area contributed by atoms with E-state index >= 15 is 0 Å². The molecule has 1 fully saturated rings. The van der Waals surface area contributed by atoms with Gasteiger partial charge in [-0.3, -0.25) is 4.79 Å². The Labute approximate surface area is 164 Å². The van der Waals surface area contributed by atoms with E-state index in [0.29, 0.717) is 41.5 Å². The van der Waals surface area contributed by atoms with Crippen LogP contribution in [-0.4, -0.2) is 16.8 Å². The molecule has 0 unspecified atom stereocenters. The molecule has 1 saturated carbocycles. The third kappa shape index (κ3) is 3.34. The summed E-state index contributed by atoms with van der Waals surface area (Å²) in [4.78, 5) is 17.2. The normalized spacial score (nSPS) is 20.7. The van der Waals surface area contributed by atoms with Crippen LogP contribution in [0, 0.1) is 0 Å². The molecular weight excluding hydrogens is 393 g/mol.